The Morgan fingerprint density at radius 2 is 1.74 bits per heavy atom. The van der Waals surface area contributed by atoms with Gasteiger partial charge in [-0.1, -0.05) is 12.1 Å². The zero-order valence-electron chi connectivity index (χ0n) is 13.2. The van der Waals surface area contributed by atoms with Crippen molar-refractivity contribution in [3.8, 4) is 0 Å². The molecule has 5 nitrogen and oxygen atoms in total. The van der Waals surface area contributed by atoms with Gasteiger partial charge in [-0.05, 0) is 38.6 Å². The fraction of sp³-hybridized carbons (Fsp3) is 0.467. The van der Waals surface area contributed by atoms with Crippen LogP contribution < -0.4 is 10.6 Å². The van der Waals surface area contributed by atoms with Crippen LogP contribution in [0, 0.1) is 0 Å². The molecule has 128 valence electrons. The van der Waals surface area contributed by atoms with Gasteiger partial charge in [0.25, 0.3) is 0 Å². The Morgan fingerprint density at radius 3 is 2.22 bits per heavy atom. The first-order chi connectivity index (χ1) is 10.6. The Bertz CT molecular complexity index is 542. The minimum absolute atomic E-state index is 0.0491. The van der Waals surface area contributed by atoms with Crippen molar-refractivity contribution in [2.24, 2.45) is 0 Å². The third kappa shape index (κ3) is 7.14. The van der Waals surface area contributed by atoms with E-state index in [0.717, 1.165) is 12.1 Å². The van der Waals surface area contributed by atoms with Gasteiger partial charge < -0.3 is 5.32 Å². The summed E-state index contributed by atoms with van der Waals surface area (Å²) in [4.78, 5) is 24.6. The maximum absolute atomic E-state index is 12.5. The molecule has 2 N–H and O–H groups in total. The van der Waals surface area contributed by atoms with Crippen molar-refractivity contribution in [2.75, 3.05) is 13.6 Å². The van der Waals surface area contributed by atoms with Crippen LogP contribution in [0.15, 0.2) is 24.3 Å². The van der Waals surface area contributed by atoms with E-state index in [1.807, 2.05) is 0 Å². The standard InChI is InChI=1S/C15H20F3N3O2/c1-10(2)19-14(23)20-13(22)9-21(3)8-11-4-6-12(7-5-11)15(16,17)18/h4-7,10H,8-9H2,1-3H3,(H2,19,20,22,23). The van der Waals surface area contributed by atoms with Crippen LogP contribution in [0.5, 0.6) is 0 Å². The van der Waals surface area contributed by atoms with E-state index in [0.29, 0.717) is 5.56 Å². The minimum atomic E-state index is -4.37. The lowest BCUT2D eigenvalue weighted by atomic mass is 10.1. The number of likely N-dealkylation sites (N-methyl/N-ethyl adjacent to an activating group) is 1. The first-order valence-corrected chi connectivity index (χ1v) is 7.03. The van der Waals surface area contributed by atoms with Crippen LogP contribution in [0.2, 0.25) is 0 Å². The number of hydrogen-bond donors (Lipinski definition) is 2. The van der Waals surface area contributed by atoms with Crippen LogP contribution in [0.25, 0.3) is 0 Å². The fourth-order valence-corrected chi connectivity index (χ4v) is 1.88. The van der Waals surface area contributed by atoms with E-state index in [-0.39, 0.29) is 19.1 Å². The molecule has 23 heavy (non-hydrogen) atoms. The van der Waals surface area contributed by atoms with Gasteiger partial charge in [0.05, 0.1) is 12.1 Å². The number of urea groups is 1. The van der Waals surface area contributed by atoms with Gasteiger partial charge in [-0.25, -0.2) is 4.79 Å². The van der Waals surface area contributed by atoms with Gasteiger partial charge >= 0.3 is 12.2 Å². The van der Waals surface area contributed by atoms with E-state index in [4.69, 9.17) is 0 Å². The van der Waals surface area contributed by atoms with Crippen LogP contribution in [0.4, 0.5) is 18.0 Å². The average molecular weight is 331 g/mol. The van der Waals surface area contributed by atoms with Gasteiger partial charge in [-0.2, -0.15) is 13.2 Å². The van der Waals surface area contributed by atoms with Crippen molar-refractivity contribution >= 4 is 11.9 Å². The second-order valence-corrected chi connectivity index (χ2v) is 5.54. The molecule has 0 unspecified atom stereocenters. The summed E-state index contributed by atoms with van der Waals surface area (Å²) in [7, 11) is 1.64. The van der Waals surface area contributed by atoms with Crippen molar-refractivity contribution in [1.82, 2.24) is 15.5 Å². The maximum Gasteiger partial charge on any atom is 0.416 e. The summed E-state index contributed by atoms with van der Waals surface area (Å²) in [6, 6.07) is 4.06. The Hall–Kier alpha value is -2.09. The van der Waals surface area contributed by atoms with Crippen molar-refractivity contribution in [1.29, 1.82) is 0 Å². The average Bonchev–Trinajstić information content (AvgIpc) is 2.36. The zero-order chi connectivity index (χ0) is 17.6. The van der Waals surface area contributed by atoms with Crippen molar-refractivity contribution in [3.05, 3.63) is 35.4 Å². The predicted molar refractivity (Wildman–Crippen MR) is 79.6 cm³/mol. The Kier molecular flexibility index (Phi) is 6.56. The molecule has 1 rings (SSSR count). The molecular weight excluding hydrogens is 311 g/mol. The van der Waals surface area contributed by atoms with Crippen LogP contribution in [-0.4, -0.2) is 36.5 Å². The second kappa shape index (κ2) is 7.96. The number of nitrogens with one attached hydrogen (secondary N) is 2. The number of amides is 3. The summed E-state index contributed by atoms with van der Waals surface area (Å²) >= 11 is 0. The third-order valence-corrected chi connectivity index (χ3v) is 2.82. The Labute approximate surface area is 132 Å². The Morgan fingerprint density at radius 1 is 1.17 bits per heavy atom. The minimum Gasteiger partial charge on any atom is -0.336 e. The lowest BCUT2D eigenvalue weighted by molar-refractivity contribution is -0.137. The maximum atomic E-state index is 12.5. The summed E-state index contributed by atoms with van der Waals surface area (Å²) in [5.41, 5.74) is -0.0769. The summed E-state index contributed by atoms with van der Waals surface area (Å²) in [5, 5.41) is 4.70. The number of alkyl halides is 3. The molecule has 0 aromatic heterocycles. The van der Waals surface area contributed by atoms with Crippen LogP contribution in [0.3, 0.4) is 0 Å². The number of nitrogens with zero attached hydrogens (tertiary/aromatic N) is 1. The highest BCUT2D eigenvalue weighted by molar-refractivity contribution is 5.95. The van der Waals surface area contributed by atoms with Gasteiger partial charge in [-0.15, -0.1) is 0 Å². The summed E-state index contributed by atoms with van der Waals surface area (Å²) in [5.74, 6) is -0.488. The molecule has 0 aliphatic rings. The smallest absolute Gasteiger partial charge is 0.336 e. The molecule has 0 bridgehead atoms. The predicted octanol–water partition coefficient (Wildman–Crippen LogP) is 2.37. The highest BCUT2D eigenvalue weighted by Crippen LogP contribution is 2.29. The molecule has 0 heterocycles. The molecule has 0 radical (unpaired) electrons. The first-order valence-electron chi connectivity index (χ1n) is 7.03. The fourth-order valence-electron chi connectivity index (χ4n) is 1.88. The first kappa shape index (κ1) is 19.0. The molecule has 3 amide bonds. The lowest BCUT2D eigenvalue weighted by Gasteiger charge is -2.17. The lowest BCUT2D eigenvalue weighted by Crippen LogP contribution is -2.45. The third-order valence-electron chi connectivity index (χ3n) is 2.82. The quantitative estimate of drug-likeness (QED) is 0.871. The van der Waals surface area contributed by atoms with E-state index in [2.05, 4.69) is 10.6 Å². The van der Waals surface area contributed by atoms with E-state index >= 15 is 0 Å². The van der Waals surface area contributed by atoms with Crippen molar-refractivity contribution in [3.63, 3.8) is 0 Å². The largest absolute Gasteiger partial charge is 0.416 e. The normalized spacial score (nSPS) is 11.7. The summed E-state index contributed by atoms with van der Waals surface area (Å²) in [6.45, 7) is 3.77. The molecule has 1 aromatic rings. The van der Waals surface area contributed by atoms with E-state index in [1.54, 1.807) is 25.8 Å². The molecule has 0 saturated heterocycles. The molecule has 1 aromatic carbocycles. The molecule has 0 atom stereocenters. The molecular formula is C15H20F3N3O2. The van der Waals surface area contributed by atoms with Gasteiger partial charge in [0.2, 0.25) is 5.91 Å². The van der Waals surface area contributed by atoms with Crippen molar-refractivity contribution in [2.45, 2.75) is 32.6 Å². The van der Waals surface area contributed by atoms with Gasteiger partial charge in [0.1, 0.15) is 0 Å². The van der Waals surface area contributed by atoms with E-state index in [9.17, 15) is 22.8 Å². The topological polar surface area (TPSA) is 61.4 Å². The van der Waals surface area contributed by atoms with Gasteiger partial charge in [0.15, 0.2) is 0 Å². The molecule has 0 saturated carbocycles. The number of halogens is 3. The number of hydrogen-bond acceptors (Lipinski definition) is 3. The van der Waals surface area contributed by atoms with E-state index in [1.165, 1.54) is 12.1 Å². The summed E-state index contributed by atoms with van der Waals surface area (Å²) in [6.07, 6.45) is -4.37. The zero-order valence-corrected chi connectivity index (χ0v) is 13.2. The highest BCUT2D eigenvalue weighted by Gasteiger charge is 2.29. The summed E-state index contributed by atoms with van der Waals surface area (Å²) < 4.78 is 37.4. The molecule has 0 spiro atoms. The SMILES string of the molecule is CC(C)NC(=O)NC(=O)CN(C)Cc1ccc(C(F)(F)F)cc1. The van der Waals surface area contributed by atoms with Gasteiger partial charge in [0, 0.05) is 12.6 Å². The number of carbonyl (C=O) groups excluding carboxylic acids is 2. The molecule has 0 fully saturated rings. The number of benzene rings is 1. The number of carbonyl (C=O) groups is 2. The Balaban J connectivity index is 2.48. The highest BCUT2D eigenvalue weighted by atomic mass is 19.4. The second-order valence-electron chi connectivity index (χ2n) is 5.54. The molecule has 0 aliphatic heterocycles. The molecule has 8 heteroatoms. The molecule has 0 aliphatic carbocycles. The van der Waals surface area contributed by atoms with Crippen molar-refractivity contribution < 1.29 is 22.8 Å². The van der Waals surface area contributed by atoms with E-state index < -0.39 is 23.7 Å². The van der Waals surface area contributed by atoms with Crippen LogP contribution in [-0.2, 0) is 17.5 Å². The number of rotatable bonds is 5. The number of imide groups is 1. The van der Waals surface area contributed by atoms with Gasteiger partial charge in [-0.3, -0.25) is 15.0 Å². The monoisotopic (exact) mass is 331 g/mol. The van der Waals surface area contributed by atoms with Crippen LogP contribution >= 0.6 is 0 Å². The van der Waals surface area contributed by atoms with Crippen LogP contribution in [0.1, 0.15) is 25.0 Å².